The first kappa shape index (κ1) is 17.1. The number of thiophene rings is 1. The van der Waals surface area contributed by atoms with Crippen molar-refractivity contribution in [2.45, 2.75) is 26.8 Å². The molecule has 0 saturated heterocycles. The second-order valence-electron chi connectivity index (χ2n) is 6.41. The molecule has 0 fully saturated rings. The smallest absolute Gasteiger partial charge is 0.231 e. The summed E-state index contributed by atoms with van der Waals surface area (Å²) in [6.45, 7) is 6.48. The molecule has 4 rings (SSSR count). The van der Waals surface area contributed by atoms with Crippen LogP contribution in [0.4, 0.5) is 5.82 Å². The third-order valence-corrected chi connectivity index (χ3v) is 5.56. The number of aromatic nitrogens is 4. The van der Waals surface area contributed by atoms with E-state index in [1.54, 1.807) is 28.2 Å². The number of rotatable bonds is 5. The summed E-state index contributed by atoms with van der Waals surface area (Å²) in [5.74, 6) is 1.73. The van der Waals surface area contributed by atoms with E-state index in [9.17, 15) is 0 Å². The van der Waals surface area contributed by atoms with Crippen LogP contribution in [0.15, 0.2) is 40.6 Å². The lowest BCUT2D eigenvalue weighted by molar-refractivity contribution is 0.556. The number of fused-ring (bicyclic) bond motifs is 1. The first-order valence-electron chi connectivity index (χ1n) is 8.33. The Hall–Kier alpha value is -2.38. The predicted molar refractivity (Wildman–Crippen MR) is 105 cm³/mol. The highest BCUT2D eigenvalue weighted by atomic mass is 35.5. The summed E-state index contributed by atoms with van der Waals surface area (Å²) in [5, 5.41) is 10.6. The average molecular weight is 388 g/mol. The van der Waals surface area contributed by atoms with Crippen molar-refractivity contribution in [1.29, 1.82) is 0 Å². The van der Waals surface area contributed by atoms with Gasteiger partial charge in [-0.15, -0.1) is 11.3 Å². The van der Waals surface area contributed by atoms with Gasteiger partial charge in [0.25, 0.3) is 0 Å². The van der Waals surface area contributed by atoms with Gasteiger partial charge in [0.2, 0.25) is 5.89 Å². The molecule has 0 bridgehead atoms. The Bertz CT molecular complexity index is 1020. The monoisotopic (exact) mass is 387 g/mol. The minimum atomic E-state index is 0.227. The molecule has 1 atom stereocenters. The van der Waals surface area contributed by atoms with Gasteiger partial charge in [0.05, 0.1) is 18.0 Å². The minimum absolute atomic E-state index is 0.227. The molecule has 0 aliphatic rings. The van der Waals surface area contributed by atoms with Gasteiger partial charge in [0.1, 0.15) is 22.8 Å². The van der Waals surface area contributed by atoms with Crippen molar-refractivity contribution in [3.8, 4) is 21.9 Å². The zero-order chi connectivity index (χ0) is 18.3. The van der Waals surface area contributed by atoms with Crippen LogP contribution in [0.2, 0.25) is 5.15 Å². The van der Waals surface area contributed by atoms with E-state index in [1.807, 2.05) is 17.5 Å². The first-order valence-corrected chi connectivity index (χ1v) is 9.59. The fourth-order valence-corrected chi connectivity index (χ4v) is 3.73. The van der Waals surface area contributed by atoms with Crippen molar-refractivity contribution in [2.75, 3.05) is 5.32 Å². The van der Waals surface area contributed by atoms with Gasteiger partial charge in [-0.1, -0.05) is 31.5 Å². The van der Waals surface area contributed by atoms with Crippen LogP contribution in [-0.2, 0) is 0 Å². The van der Waals surface area contributed by atoms with Gasteiger partial charge in [0, 0.05) is 10.9 Å². The second kappa shape index (κ2) is 6.74. The fourth-order valence-electron chi connectivity index (χ4n) is 2.63. The molecule has 6 nitrogen and oxygen atoms in total. The zero-order valence-electron chi connectivity index (χ0n) is 14.6. The molecule has 0 saturated carbocycles. The van der Waals surface area contributed by atoms with Crippen LogP contribution >= 0.6 is 22.9 Å². The number of anilines is 1. The maximum atomic E-state index is 6.62. The van der Waals surface area contributed by atoms with E-state index in [-0.39, 0.29) is 6.04 Å². The lowest BCUT2D eigenvalue weighted by Gasteiger charge is -2.21. The Kier molecular flexibility index (Phi) is 4.42. The Labute approximate surface area is 159 Å². The van der Waals surface area contributed by atoms with Crippen molar-refractivity contribution in [2.24, 2.45) is 5.92 Å². The molecule has 4 heterocycles. The van der Waals surface area contributed by atoms with E-state index in [0.29, 0.717) is 28.2 Å². The summed E-state index contributed by atoms with van der Waals surface area (Å²) in [4.78, 5) is 9.84. The van der Waals surface area contributed by atoms with Gasteiger partial charge < -0.3 is 9.73 Å². The molecule has 8 heteroatoms. The summed E-state index contributed by atoms with van der Waals surface area (Å²) in [6, 6.07) is 4.25. The van der Waals surface area contributed by atoms with E-state index in [1.165, 1.54) is 6.26 Å². The highest BCUT2D eigenvalue weighted by molar-refractivity contribution is 7.13. The van der Waals surface area contributed by atoms with Crippen LogP contribution in [0.1, 0.15) is 20.8 Å². The molecule has 0 radical (unpaired) electrons. The quantitative estimate of drug-likeness (QED) is 0.475. The fraction of sp³-hybridized carbons (Fsp3) is 0.278. The van der Waals surface area contributed by atoms with Crippen LogP contribution in [0.3, 0.4) is 0 Å². The molecule has 134 valence electrons. The molecule has 1 unspecified atom stereocenters. The number of oxazole rings is 1. The van der Waals surface area contributed by atoms with E-state index in [4.69, 9.17) is 16.0 Å². The number of halogens is 1. The maximum Gasteiger partial charge on any atom is 0.231 e. The van der Waals surface area contributed by atoms with E-state index in [0.717, 1.165) is 16.3 Å². The second-order valence-corrected chi connectivity index (χ2v) is 7.72. The SMILES string of the molecule is CC(C)C(C)Nc1c(-c2cccs2)c(Cl)nc2c(-c3ncco3)cnn12. The third-order valence-electron chi connectivity index (χ3n) is 4.40. The van der Waals surface area contributed by atoms with Crippen molar-refractivity contribution in [1.82, 2.24) is 19.6 Å². The summed E-state index contributed by atoms with van der Waals surface area (Å²) in [6.07, 6.45) is 4.83. The lowest BCUT2D eigenvalue weighted by Crippen LogP contribution is -2.24. The van der Waals surface area contributed by atoms with Crippen molar-refractivity contribution in [3.05, 3.63) is 41.3 Å². The molecule has 0 aliphatic heterocycles. The molecule has 4 aromatic rings. The maximum absolute atomic E-state index is 6.62. The Morgan fingerprint density at radius 2 is 2.15 bits per heavy atom. The predicted octanol–water partition coefficient (Wildman–Crippen LogP) is 5.22. The Balaban J connectivity index is 1.97. The summed E-state index contributed by atoms with van der Waals surface area (Å²) < 4.78 is 7.20. The molecule has 1 N–H and O–H groups in total. The van der Waals surface area contributed by atoms with Crippen molar-refractivity contribution in [3.63, 3.8) is 0 Å². The molecule has 0 aliphatic carbocycles. The Morgan fingerprint density at radius 3 is 2.81 bits per heavy atom. The van der Waals surface area contributed by atoms with Crippen LogP contribution in [0.5, 0.6) is 0 Å². The average Bonchev–Trinajstić information content (AvgIpc) is 3.35. The van der Waals surface area contributed by atoms with Gasteiger partial charge in [0.15, 0.2) is 5.65 Å². The number of nitrogens with one attached hydrogen (secondary N) is 1. The molecule has 26 heavy (non-hydrogen) atoms. The molecular weight excluding hydrogens is 370 g/mol. The van der Waals surface area contributed by atoms with E-state index < -0.39 is 0 Å². The molecule has 4 aromatic heterocycles. The summed E-state index contributed by atoms with van der Waals surface area (Å²) >= 11 is 8.23. The highest BCUT2D eigenvalue weighted by Crippen LogP contribution is 2.39. The number of hydrogen-bond donors (Lipinski definition) is 1. The van der Waals surface area contributed by atoms with Gasteiger partial charge in [-0.05, 0) is 24.3 Å². The molecular formula is C18H18ClN5OS. The zero-order valence-corrected chi connectivity index (χ0v) is 16.2. The van der Waals surface area contributed by atoms with Gasteiger partial charge >= 0.3 is 0 Å². The van der Waals surface area contributed by atoms with Crippen LogP contribution < -0.4 is 5.32 Å². The minimum Gasteiger partial charge on any atom is -0.444 e. The van der Waals surface area contributed by atoms with Gasteiger partial charge in [-0.3, -0.25) is 0 Å². The van der Waals surface area contributed by atoms with E-state index >= 15 is 0 Å². The largest absolute Gasteiger partial charge is 0.444 e. The van der Waals surface area contributed by atoms with Crippen LogP contribution in [-0.4, -0.2) is 25.6 Å². The summed E-state index contributed by atoms with van der Waals surface area (Å²) in [5.41, 5.74) is 2.16. The molecule has 0 amide bonds. The number of hydrogen-bond acceptors (Lipinski definition) is 6. The van der Waals surface area contributed by atoms with Crippen molar-refractivity contribution >= 4 is 34.4 Å². The summed E-state index contributed by atoms with van der Waals surface area (Å²) in [7, 11) is 0. The topological polar surface area (TPSA) is 68.2 Å². The molecule has 0 aromatic carbocycles. The normalized spacial score (nSPS) is 12.8. The Morgan fingerprint density at radius 1 is 1.31 bits per heavy atom. The number of nitrogens with zero attached hydrogens (tertiary/aromatic N) is 4. The lowest BCUT2D eigenvalue weighted by atomic mass is 10.1. The van der Waals surface area contributed by atoms with Crippen LogP contribution in [0, 0.1) is 5.92 Å². The van der Waals surface area contributed by atoms with Crippen molar-refractivity contribution < 1.29 is 4.42 Å². The molecule has 0 spiro atoms. The standard InChI is InChI=1S/C18H18ClN5OS/c1-10(2)11(3)22-17-14(13-5-4-8-26-13)15(19)23-16-12(9-21-24(16)17)18-20-6-7-25-18/h4-11,22H,1-3H3. The van der Waals surface area contributed by atoms with Crippen LogP contribution in [0.25, 0.3) is 27.5 Å². The van der Waals surface area contributed by atoms with Gasteiger partial charge in [-0.2, -0.15) is 9.61 Å². The van der Waals surface area contributed by atoms with E-state index in [2.05, 4.69) is 41.2 Å². The third kappa shape index (κ3) is 2.87. The highest BCUT2D eigenvalue weighted by Gasteiger charge is 2.23. The van der Waals surface area contributed by atoms with Gasteiger partial charge in [-0.25, -0.2) is 9.97 Å². The first-order chi connectivity index (χ1) is 12.6.